The molecule has 0 bridgehead atoms. The maximum absolute atomic E-state index is 12.6. The van der Waals surface area contributed by atoms with Crippen molar-refractivity contribution in [3.63, 3.8) is 0 Å². The molecule has 1 aliphatic rings. The molecule has 0 saturated carbocycles. The Hall–Kier alpha value is -3.06. The van der Waals surface area contributed by atoms with Crippen LogP contribution in [0.1, 0.15) is 22.0 Å². The summed E-state index contributed by atoms with van der Waals surface area (Å²) in [5.41, 5.74) is 1.08. The van der Waals surface area contributed by atoms with Gasteiger partial charge in [-0.25, -0.2) is 9.59 Å². The highest BCUT2D eigenvalue weighted by Gasteiger charge is 2.26. The molecule has 0 radical (unpaired) electrons. The number of amides is 3. The van der Waals surface area contributed by atoms with Gasteiger partial charge in [-0.3, -0.25) is 9.69 Å². The Morgan fingerprint density at radius 3 is 2.54 bits per heavy atom. The van der Waals surface area contributed by atoms with E-state index in [1.807, 2.05) is 0 Å². The monoisotopic (exact) mass is 373 g/mol. The number of hydrogen-bond donors (Lipinski definition) is 3. The van der Waals surface area contributed by atoms with Crippen LogP contribution in [0.5, 0.6) is 0 Å². The molecule has 3 rings (SSSR count). The van der Waals surface area contributed by atoms with Crippen molar-refractivity contribution in [3.8, 4) is 0 Å². The van der Waals surface area contributed by atoms with E-state index in [4.69, 9.17) is 11.6 Å². The summed E-state index contributed by atoms with van der Waals surface area (Å²) in [7, 11) is 0. The number of anilines is 1. The van der Waals surface area contributed by atoms with Gasteiger partial charge < -0.3 is 15.7 Å². The molecule has 1 saturated heterocycles. The first-order chi connectivity index (χ1) is 12.5. The van der Waals surface area contributed by atoms with E-state index >= 15 is 0 Å². The van der Waals surface area contributed by atoms with E-state index in [1.54, 1.807) is 30.3 Å². The summed E-state index contributed by atoms with van der Waals surface area (Å²) in [6, 6.07) is 11.4. The van der Waals surface area contributed by atoms with Gasteiger partial charge >= 0.3 is 12.0 Å². The van der Waals surface area contributed by atoms with Crippen LogP contribution < -0.4 is 15.5 Å². The van der Waals surface area contributed by atoms with Crippen molar-refractivity contribution in [1.29, 1.82) is 0 Å². The number of carboxylic acid groups (broad SMARTS) is 1. The fraction of sp³-hybridized carbons (Fsp3) is 0.167. The van der Waals surface area contributed by atoms with E-state index in [0.29, 0.717) is 29.4 Å². The number of carbonyl (C=O) groups is 3. The lowest BCUT2D eigenvalue weighted by Gasteiger charge is -2.18. The summed E-state index contributed by atoms with van der Waals surface area (Å²) in [6.45, 7) is 0.923. The van der Waals surface area contributed by atoms with E-state index in [-0.39, 0.29) is 11.6 Å². The van der Waals surface area contributed by atoms with Gasteiger partial charge in [0, 0.05) is 18.7 Å². The lowest BCUT2D eigenvalue weighted by Crippen LogP contribution is -2.34. The average Bonchev–Trinajstić information content (AvgIpc) is 3.06. The van der Waals surface area contributed by atoms with Gasteiger partial charge in [0.25, 0.3) is 5.91 Å². The minimum absolute atomic E-state index is 0.214. The smallest absolute Gasteiger partial charge is 0.330 e. The molecule has 8 heteroatoms. The van der Waals surface area contributed by atoms with E-state index in [9.17, 15) is 19.5 Å². The van der Waals surface area contributed by atoms with Crippen molar-refractivity contribution in [2.24, 2.45) is 0 Å². The molecule has 1 unspecified atom stereocenters. The van der Waals surface area contributed by atoms with Gasteiger partial charge in [0.1, 0.15) is 0 Å². The maximum Gasteiger partial charge on any atom is 0.330 e. The van der Waals surface area contributed by atoms with E-state index < -0.39 is 17.9 Å². The SMILES string of the molecule is O=C(NC(C(=O)O)c1ccccc1)c1ccc(Cl)c(N2CCNC2=O)c1. The molecule has 1 atom stereocenters. The van der Waals surface area contributed by atoms with Crippen molar-refractivity contribution in [1.82, 2.24) is 10.6 Å². The molecule has 2 aromatic rings. The molecule has 0 aliphatic carbocycles. The highest BCUT2D eigenvalue weighted by Crippen LogP contribution is 2.28. The number of halogens is 1. The van der Waals surface area contributed by atoms with Crippen LogP contribution in [0.15, 0.2) is 48.5 Å². The number of carbonyl (C=O) groups excluding carboxylic acids is 2. The number of urea groups is 1. The largest absolute Gasteiger partial charge is 0.479 e. The summed E-state index contributed by atoms with van der Waals surface area (Å²) in [5.74, 6) is -1.74. The van der Waals surface area contributed by atoms with Gasteiger partial charge in [-0.05, 0) is 23.8 Å². The Balaban J connectivity index is 1.85. The summed E-state index contributed by atoms with van der Waals surface area (Å²) in [4.78, 5) is 37.4. The average molecular weight is 374 g/mol. The second-order valence-electron chi connectivity index (χ2n) is 5.71. The second kappa shape index (κ2) is 7.45. The molecule has 1 heterocycles. The number of benzene rings is 2. The lowest BCUT2D eigenvalue weighted by atomic mass is 10.1. The summed E-state index contributed by atoms with van der Waals surface area (Å²) in [5, 5.41) is 14.9. The number of hydrogen-bond acceptors (Lipinski definition) is 3. The number of aliphatic carboxylic acids is 1. The van der Waals surface area contributed by atoms with Crippen molar-refractivity contribution in [2.75, 3.05) is 18.0 Å². The molecule has 26 heavy (non-hydrogen) atoms. The van der Waals surface area contributed by atoms with Gasteiger partial charge in [0.05, 0.1) is 10.7 Å². The Morgan fingerprint density at radius 2 is 1.92 bits per heavy atom. The van der Waals surface area contributed by atoms with Gasteiger partial charge in [0.2, 0.25) is 0 Å². The summed E-state index contributed by atoms with van der Waals surface area (Å²) >= 11 is 6.15. The predicted octanol–water partition coefficient (Wildman–Crippen LogP) is 2.43. The quantitative estimate of drug-likeness (QED) is 0.749. The molecule has 134 valence electrons. The second-order valence-corrected chi connectivity index (χ2v) is 6.11. The number of carboxylic acids is 1. The molecule has 1 fully saturated rings. The zero-order chi connectivity index (χ0) is 18.7. The Labute approximate surface area is 154 Å². The van der Waals surface area contributed by atoms with Crippen LogP contribution in [-0.4, -0.2) is 36.1 Å². The van der Waals surface area contributed by atoms with Crippen molar-refractivity contribution in [2.45, 2.75) is 6.04 Å². The van der Waals surface area contributed by atoms with Gasteiger partial charge in [-0.15, -0.1) is 0 Å². The predicted molar refractivity (Wildman–Crippen MR) is 96.5 cm³/mol. The molecule has 0 aromatic heterocycles. The van der Waals surface area contributed by atoms with E-state index in [0.717, 1.165) is 0 Å². The van der Waals surface area contributed by atoms with Crippen LogP contribution in [0, 0.1) is 0 Å². The van der Waals surface area contributed by atoms with Crippen LogP contribution in [0.2, 0.25) is 5.02 Å². The number of nitrogens with zero attached hydrogens (tertiary/aromatic N) is 1. The van der Waals surface area contributed by atoms with Gasteiger partial charge in [-0.2, -0.15) is 0 Å². The third-order valence-corrected chi connectivity index (χ3v) is 4.33. The van der Waals surface area contributed by atoms with Crippen molar-refractivity contribution < 1.29 is 19.5 Å². The minimum atomic E-state index is -1.18. The topological polar surface area (TPSA) is 98.7 Å². The van der Waals surface area contributed by atoms with Crippen LogP contribution in [0.4, 0.5) is 10.5 Å². The summed E-state index contributed by atoms with van der Waals surface area (Å²) in [6.07, 6.45) is 0. The third kappa shape index (κ3) is 3.62. The normalized spacial score (nSPS) is 14.7. The third-order valence-electron chi connectivity index (χ3n) is 4.01. The van der Waals surface area contributed by atoms with Crippen LogP contribution in [0.3, 0.4) is 0 Å². The molecule has 0 spiro atoms. The van der Waals surface area contributed by atoms with Gasteiger partial charge in [-0.1, -0.05) is 41.9 Å². The van der Waals surface area contributed by atoms with Gasteiger partial charge in [0.15, 0.2) is 6.04 Å². The molecule has 2 aromatic carbocycles. The Morgan fingerprint density at radius 1 is 1.19 bits per heavy atom. The molecule has 3 N–H and O–H groups in total. The summed E-state index contributed by atoms with van der Waals surface area (Å²) < 4.78 is 0. The number of nitrogens with one attached hydrogen (secondary N) is 2. The standard InChI is InChI=1S/C18H16ClN3O4/c19-13-7-6-12(10-14(13)22-9-8-20-18(22)26)16(23)21-15(17(24)25)11-4-2-1-3-5-11/h1-7,10,15H,8-9H2,(H,20,26)(H,21,23)(H,24,25). The maximum atomic E-state index is 12.6. The fourth-order valence-electron chi connectivity index (χ4n) is 2.71. The first-order valence-electron chi connectivity index (χ1n) is 7.91. The number of rotatable bonds is 5. The molecule has 3 amide bonds. The highest BCUT2D eigenvalue weighted by atomic mass is 35.5. The molecular weight excluding hydrogens is 358 g/mol. The molecular formula is C18H16ClN3O4. The highest BCUT2D eigenvalue weighted by molar-refractivity contribution is 6.34. The van der Waals surface area contributed by atoms with Crippen LogP contribution in [0.25, 0.3) is 0 Å². The van der Waals surface area contributed by atoms with Crippen molar-refractivity contribution >= 4 is 35.2 Å². The van der Waals surface area contributed by atoms with Crippen LogP contribution >= 0.6 is 11.6 Å². The van der Waals surface area contributed by atoms with Crippen LogP contribution in [-0.2, 0) is 4.79 Å². The van der Waals surface area contributed by atoms with Crippen molar-refractivity contribution in [3.05, 3.63) is 64.7 Å². The lowest BCUT2D eigenvalue weighted by molar-refractivity contribution is -0.139. The zero-order valence-electron chi connectivity index (χ0n) is 13.6. The fourth-order valence-corrected chi connectivity index (χ4v) is 2.93. The van der Waals surface area contributed by atoms with E-state index in [1.165, 1.54) is 23.1 Å². The first-order valence-corrected chi connectivity index (χ1v) is 8.28. The molecule has 7 nitrogen and oxygen atoms in total. The Bertz CT molecular complexity index is 857. The zero-order valence-corrected chi connectivity index (χ0v) is 14.4. The molecule has 1 aliphatic heterocycles. The van der Waals surface area contributed by atoms with E-state index in [2.05, 4.69) is 10.6 Å². The Kier molecular flexibility index (Phi) is 5.09. The minimum Gasteiger partial charge on any atom is -0.479 e. The first kappa shape index (κ1) is 17.8.